The van der Waals surface area contributed by atoms with Crippen molar-refractivity contribution in [2.24, 2.45) is 0 Å². The molecular formula is C15H12FN3O3S2. The molecule has 0 bridgehead atoms. The van der Waals surface area contributed by atoms with Crippen LogP contribution in [0.2, 0.25) is 0 Å². The van der Waals surface area contributed by atoms with Crippen LogP contribution in [-0.2, 0) is 9.84 Å². The Morgan fingerprint density at radius 1 is 1.33 bits per heavy atom. The first-order valence-corrected chi connectivity index (χ1v) is 9.75. The summed E-state index contributed by atoms with van der Waals surface area (Å²) in [6.07, 6.45) is 0.489. The molecule has 0 aliphatic carbocycles. The molecule has 1 aliphatic rings. The SMILES string of the molecule is N#Cc1c(-c2ccc(F)cc2)nc(SC2CCS(=O)(=O)C2)[nH]c1=O. The van der Waals surface area contributed by atoms with Gasteiger partial charge in [0, 0.05) is 10.8 Å². The van der Waals surface area contributed by atoms with E-state index in [1.165, 1.54) is 36.0 Å². The van der Waals surface area contributed by atoms with Crippen LogP contribution >= 0.6 is 11.8 Å². The summed E-state index contributed by atoms with van der Waals surface area (Å²) in [6.45, 7) is 0. The third-order valence-electron chi connectivity index (χ3n) is 3.60. The van der Waals surface area contributed by atoms with Gasteiger partial charge in [-0.1, -0.05) is 11.8 Å². The highest BCUT2D eigenvalue weighted by atomic mass is 32.2. The number of benzene rings is 1. The van der Waals surface area contributed by atoms with E-state index in [2.05, 4.69) is 9.97 Å². The summed E-state index contributed by atoms with van der Waals surface area (Å²) in [5.74, 6) is -0.281. The van der Waals surface area contributed by atoms with Gasteiger partial charge in [0.2, 0.25) is 0 Å². The van der Waals surface area contributed by atoms with Gasteiger partial charge < -0.3 is 4.98 Å². The van der Waals surface area contributed by atoms with E-state index < -0.39 is 21.2 Å². The largest absolute Gasteiger partial charge is 0.300 e. The molecule has 1 aromatic carbocycles. The molecular weight excluding hydrogens is 353 g/mol. The van der Waals surface area contributed by atoms with E-state index in [4.69, 9.17) is 0 Å². The molecule has 3 rings (SSSR count). The minimum Gasteiger partial charge on any atom is -0.300 e. The van der Waals surface area contributed by atoms with Crippen molar-refractivity contribution < 1.29 is 12.8 Å². The maximum Gasteiger partial charge on any atom is 0.270 e. The lowest BCUT2D eigenvalue weighted by atomic mass is 10.1. The Bertz CT molecular complexity index is 979. The number of nitrogens with zero attached hydrogens (tertiary/aromatic N) is 2. The summed E-state index contributed by atoms with van der Waals surface area (Å²) < 4.78 is 36.1. The van der Waals surface area contributed by atoms with Crippen molar-refractivity contribution in [2.45, 2.75) is 16.8 Å². The number of sulfone groups is 1. The molecule has 24 heavy (non-hydrogen) atoms. The molecule has 1 aliphatic heterocycles. The Kier molecular flexibility index (Phi) is 4.43. The second kappa shape index (κ2) is 6.37. The van der Waals surface area contributed by atoms with Crippen molar-refractivity contribution in [1.29, 1.82) is 5.26 Å². The van der Waals surface area contributed by atoms with E-state index in [1.807, 2.05) is 0 Å². The quantitative estimate of drug-likeness (QED) is 0.831. The Labute approximate surface area is 141 Å². The van der Waals surface area contributed by atoms with E-state index in [-0.39, 0.29) is 33.2 Å². The van der Waals surface area contributed by atoms with Crippen molar-refractivity contribution in [3.63, 3.8) is 0 Å². The average molecular weight is 365 g/mol. The number of nitriles is 1. The number of nitrogens with one attached hydrogen (secondary N) is 1. The highest BCUT2D eigenvalue weighted by Crippen LogP contribution is 2.30. The maximum atomic E-state index is 13.1. The molecule has 2 heterocycles. The van der Waals surface area contributed by atoms with Crippen LogP contribution in [0.5, 0.6) is 0 Å². The van der Waals surface area contributed by atoms with E-state index >= 15 is 0 Å². The van der Waals surface area contributed by atoms with Gasteiger partial charge in [-0.15, -0.1) is 0 Å². The van der Waals surface area contributed by atoms with Gasteiger partial charge >= 0.3 is 0 Å². The molecule has 0 spiro atoms. The van der Waals surface area contributed by atoms with Crippen LogP contribution in [0.1, 0.15) is 12.0 Å². The van der Waals surface area contributed by atoms with Gasteiger partial charge in [-0.3, -0.25) is 4.79 Å². The number of aromatic nitrogens is 2. The van der Waals surface area contributed by atoms with E-state index in [1.54, 1.807) is 6.07 Å². The molecule has 9 heteroatoms. The number of hydrogen-bond acceptors (Lipinski definition) is 6. The fraction of sp³-hybridized carbons (Fsp3) is 0.267. The van der Waals surface area contributed by atoms with Crippen molar-refractivity contribution in [3.8, 4) is 17.3 Å². The van der Waals surface area contributed by atoms with Gasteiger partial charge in [0.05, 0.1) is 17.2 Å². The molecule has 2 aromatic rings. The number of hydrogen-bond donors (Lipinski definition) is 1. The van der Waals surface area contributed by atoms with Gasteiger partial charge in [0.1, 0.15) is 17.4 Å². The highest BCUT2D eigenvalue weighted by Gasteiger charge is 2.29. The minimum absolute atomic E-state index is 0.0350. The van der Waals surface area contributed by atoms with E-state index in [9.17, 15) is 22.9 Å². The van der Waals surface area contributed by atoms with Gasteiger partial charge in [0.25, 0.3) is 5.56 Å². The predicted octanol–water partition coefficient (Wildman–Crippen LogP) is 1.73. The molecule has 0 saturated carbocycles. The van der Waals surface area contributed by atoms with Crippen molar-refractivity contribution in [3.05, 3.63) is 46.0 Å². The third-order valence-corrected chi connectivity index (χ3v) is 6.73. The number of halogens is 1. The summed E-state index contributed by atoms with van der Waals surface area (Å²) in [7, 11) is -3.04. The predicted molar refractivity (Wildman–Crippen MR) is 87.9 cm³/mol. The molecule has 0 radical (unpaired) electrons. The van der Waals surface area contributed by atoms with Crippen LogP contribution in [-0.4, -0.2) is 35.1 Å². The summed E-state index contributed by atoms with van der Waals surface area (Å²) in [5, 5.41) is 9.25. The van der Waals surface area contributed by atoms with Crippen LogP contribution < -0.4 is 5.56 Å². The monoisotopic (exact) mass is 365 g/mol. The Balaban J connectivity index is 1.99. The van der Waals surface area contributed by atoms with Crippen LogP contribution in [0, 0.1) is 17.1 Å². The summed E-state index contributed by atoms with van der Waals surface area (Å²) in [4.78, 5) is 18.9. The van der Waals surface area contributed by atoms with Crippen LogP contribution in [0.3, 0.4) is 0 Å². The normalized spacial score (nSPS) is 19.1. The van der Waals surface area contributed by atoms with Crippen molar-refractivity contribution in [2.75, 3.05) is 11.5 Å². The Morgan fingerprint density at radius 2 is 2.04 bits per heavy atom. The maximum absolute atomic E-state index is 13.1. The van der Waals surface area contributed by atoms with Crippen LogP contribution in [0.25, 0.3) is 11.3 Å². The summed E-state index contributed by atoms with van der Waals surface area (Å²) in [5.41, 5.74) is -0.162. The van der Waals surface area contributed by atoms with Crippen molar-refractivity contribution in [1.82, 2.24) is 9.97 Å². The first-order valence-electron chi connectivity index (χ1n) is 7.05. The summed E-state index contributed by atoms with van der Waals surface area (Å²) >= 11 is 1.17. The second-order valence-corrected chi connectivity index (χ2v) is 8.87. The first-order chi connectivity index (χ1) is 11.4. The summed E-state index contributed by atoms with van der Waals surface area (Å²) in [6, 6.07) is 7.12. The third kappa shape index (κ3) is 3.49. The van der Waals surface area contributed by atoms with Crippen LogP contribution in [0.15, 0.2) is 34.2 Å². The fourth-order valence-corrected chi connectivity index (χ4v) is 5.87. The molecule has 124 valence electrons. The molecule has 0 amide bonds. The van der Waals surface area contributed by atoms with Crippen molar-refractivity contribution >= 4 is 21.6 Å². The number of rotatable bonds is 3. The van der Waals surface area contributed by atoms with Gasteiger partial charge in [0.15, 0.2) is 15.0 Å². The zero-order valence-corrected chi connectivity index (χ0v) is 14.0. The molecule has 1 N–H and O–H groups in total. The Hall–Kier alpha value is -2.18. The minimum atomic E-state index is -3.04. The number of aromatic amines is 1. The molecule has 1 saturated heterocycles. The standard InChI is InChI=1S/C15H12FN3O3S2/c16-10-3-1-9(2-4-10)13-12(7-17)14(20)19-15(18-13)23-11-5-6-24(21,22)8-11/h1-4,11H,5-6,8H2,(H,18,19,20). The zero-order valence-electron chi connectivity index (χ0n) is 12.3. The molecule has 1 atom stereocenters. The molecule has 1 fully saturated rings. The fourth-order valence-electron chi connectivity index (χ4n) is 2.44. The molecule has 1 unspecified atom stereocenters. The Morgan fingerprint density at radius 3 is 2.62 bits per heavy atom. The number of thioether (sulfide) groups is 1. The lowest BCUT2D eigenvalue weighted by molar-refractivity contribution is 0.602. The molecule has 1 aromatic heterocycles. The topological polar surface area (TPSA) is 104 Å². The smallest absolute Gasteiger partial charge is 0.270 e. The lowest BCUT2D eigenvalue weighted by Gasteiger charge is -2.09. The molecule has 6 nitrogen and oxygen atoms in total. The first kappa shape index (κ1) is 16.7. The van der Waals surface area contributed by atoms with E-state index in [0.29, 0.717) is 12.0 Å². The second-order valence-electron chi connectivity index (χ2n) is 5.36. The van der Waals surface area contributed by atoms with Gasteiger partial charge in [-0.25, -0.2) is 17.8 Å². The zero-order chi connectivity index (χ0) is 17.3. The number of H-pyrrole nitrogens is 1. The highest BCUT2D eigenvalue weighted by molar-refractivity contribution is 8.01. The van der Waals surface area contributed by atoms with E-state index in [0.717, 1.165) is 0 Å². The lowest BCUT2D eigenvalue weighted by Crippen LogP contribution is -2.16. The van der Waals surface area contributed by atoms with Gasteiger partial charge in [-0.2, -0.15) is 5.26 Å². The average Bonchev–Trinajstić information content (AvgIpc) is 2.86. The van der Waals surface area contributed by atoms with Crippen LogP contribution in [0.4, 0.5) is 4.39 Å². The van der Waals surface area contributed by atoms with Gasteiger partial charge in [-0.05, 0) is 30.7 Å².